The molecule has 1 aliphatic rings. The summed E-state index contributed by atoms with van der Waals surface area (Å²) in [7, 11) is 0. The van der Waals surface area contributed by atoms with E-state index in [4.69, 9.17) is 0 Å². The van der Waals surface area contributed by atoms with E-state index in [1.807, 2.05) is 0 Å². The van der Waals surface area contributed by atoms with Crippen LogP contribution in [0.5, 0.6) is 0 Å². The molecule has 1 aromatic rings. The van der Waals surface area contributed by atoms with E-state index in [1.165, 1.54) is 6.42 Å². The summed E-state index contributed by atoms with van der Waals surface area (Å²) in [4.78, 5) is 0. The lowest BCUT2D eigenvalue weighted by Gasteiger charge is -2.26. The summed E-state index contributed by atoms with van der Waals surface area (Å²) in [6, 6.07) is 0. The van der Waals surface area contributed by atoms with Crippen molar-refractivity contribution in [2.75, 3.05) is 13.2 Å². The second-order valence-corrected chi connectivity index (χ2v) is 4.87. The molecule has 0 fully saturated rings. The fraction of sp³-hybridized carbons (Fsp3) is 0.818. The maximum atomic E-state index is 9.19. The zero-order valence-electron chi connectivity index (χ0n) is 10.2. The van der Waals surface area contributed by atoms with Gasteiger partial charge >= 0.3 is 0 Å². The highest BCUT2D eigenvalue weighted by Gasteiger charge is 2.23. The molecule has 3 N–H and O–H groups in total. The number of hydrogen-bond donors (Lipinski definition) is 3. The van der Waals surface area contributed by atoms with Crippen LogP contribution in [0.1, 0.15) is 31.4 Å². The van der Waals surface area contributed by atoms with Crippen LogP contribution in [0.4, 0.5) is 0 Å². The number of hydrogen-bond acceptors (Lipinski definition) is 5. The average Bonchev–Trinajstić information content (AvgIpc) is 2.79. The molecule has 0 radical (unpaired) electrons. The molecule has 6 heteroatoms. The van der Waals surface area contributed by atoms with E-state index in [2.05, 4.69) is 20.1 Å². The minimum Gasteiger partial charge on any atom is -0.394 e. The monoisotopic (exact) mass is 240 g/mol. The van der Waals surface area contributed by atoms with Gasteiger partial charge in [-0.2, -0.15) is 0 Å². The Morgan fingerprint density at radius 1 is 1.29 bits per heavy atom. The highest BCUT2D eigenvalue weighted by atomic mass is 16.3. The predicted octanol–water partition coefficient (Wildman–Crippen LogP) is -0.553. The van der Waals surface area contributed by atoms with Crippen molar-refractivity contribution in [3.63, 3.8) is 0 Å². The Kier molecular flexibility index (Phi) is 3.76. The van der Waals surface area contributed by atoms with Crippen LogP contribution in [-0.4, -0.2) is 43.7 Å². The largest absolute Gasteiger partial charge is 0.394 e. The molecule has 0 bridgehead atoms. The molecular formula is C11H20N4O2. The highest BCUT2D eigenvalue weighted by Crippen LogP contribution is 2.14. The summed E-state index contributed by atoms with van der Waals surface area (Å²) in [6.07, 6.45) is 3.33. The van der Waals surface area contributed by atoms with Crippen LogP contribution < -0.4 is 5.32 Å². The smallest absolute Gasteiger partial charge is 0.147 e. The summed E-state index contributed by atoms with van der Waals surface area (Å²) >= 11 is 0. The van der Waals surface area contributed by atoms with E-state index < -0.39 is 5.54 Å². The maximum Gasteiger partial charge on any atom is 0.147 e. The van der Waals surface area contributed by atoms with Crippen molar-refractivity contribution in [3.8, 4) is 0 Å². The highest BCUT2D eigenvalue weighted by molar-refractivity contribution is 4.99. The van der Waals surface area contributed by atoms with E-state index in [0.29, 0.717) is 6.54 Å². The molecule has 2 heterocycles. The fourth-order valence-corrected chi connectivity index (χ4v) is 1.95. The minimum absolute atomic E-state index is 0.107. The van der Waals surface area contributed by atoms with Gasteiger partial charge in [0.15, 0.2) is 0 Å². The summed E-state index contributed by atoms with van der Waals surface area (Å²) in [5.41, 5.74) is -0.666. The normalized spacial score (nSPS) is 15.9. The standard InChI is InChI=1S/C11H20N4O2/c1-11(7-16,8-17)12-6-10-14-13-9-4-2-3-5-15(9)10/h12,16-17H,2-8H2,1H3. The molecule has 0 amide bonds. The number of nitrogens with zero attached hydrogens (tertiary/aromatic N) is 3. The SMILES string of the molecule is CC(CO)(CO)NCc1nnc2n1CCCC2. The van der Waals surface area contributed by atoms with Crippen LogP contribution in [-0.2, 0) is 19.5 Å². The lowest BCUT2D eigenvalue weighted by molar-refractivity contribution is 0.102. The van der Waals surface area contributed by atoms with Gasteiger partial charge in [-0.05, 0) is 19.8 Å². The van der Waals surface area contributed by atoms with Crippen LogP contribution in [0, 0.1) is 0 Å². The lowest BCUT2D eigenvalue weighted by atomic mass is 10.1. The van der Waals surface area contributed by atoms with Gasteiger partial charge in [-0.15, -0.1) is 10.2 Å². The first-order valence-corrected chi connectivity index (χ1v) is 6.06. The van der Waals surface area contributed by atoms with Gasteiger partial charge in [0, 0.05) is 13.0 Å². The average molecular weight is 240 g/mol. The van der Waals surface area contributed by atoms with Gasteiger partial charge in [0.1, 0.15) is 11.6 Å². The first-order chi connectivity index (χ1) is 8.18. The van der Waals surface area contributed by atoms with E-state index in [-0.39, 0.29) is 13.2 Å². The molecule has 0 saturated carbocycles. The molecule has 0 spiro atoms. The summed E-state index contributed by atoms with van der Waals surface area (Å²) in [5, 5.41) is 29.8. The molecule has 1 aliphatic heterocycles. The molecule has 2 rings (SSSR count). The molecule has 0 unspecified atom stereocenters. The third-order valence-corrected chi connectivity index (χ3v) is 3.31. The summed E-state index contributed by atoms with van der Waals surface area (Å²) in [6.45, 7) is 3.05. The Labute approximate surface area is 101 Å². The van der Waals surface area contributed by atoms with Gasteiger partial charge in [0.05, 0.1) is 25.3 Å². The molecule has 96 valence electrons. The molecule has 0 aromatic carbocycles. The fourth-order valence-electron chi connectivity index (χ4n) is 1.95. The molecule has 1 aromatic heterocycles. The van der Waals surface area contributed by atoms with Crippen molar-refractivity contribution >= 4 is 0 Å². The van der Waals surface area contributed by atoms with Crippen molar-refractivity contribution in [2.45, 2.75) is 44.8 Å². The summed E-state index contributed by atoms with van der Waals surface area (Å²) < 4.78 is 2.13. The minimum atomic E-state index is -0.666. The molecule has 0 aliphatic carbocycles. The van der Waals surface area contributed by atoms with Gasteiger partial charge in [0.25, 0.3) is 0 Å². The van der Waals surface area contributed by atoms with Gasteiger partial charge in [-0.1, -0.05) is 0 Å². The molecule has 17 heavy (non-hydrogen) atoms. The number of aliphatic hydroxyl groups is 2. The maximum absolute atomic E-state index is 9.19. The number of aryl methyl sites for hydroxylation is 1. The van der Waals surface area contributed by atoms with E-state index in [0.717, 1.165) is 31.0 Å². The van der Waals surface area contributed by atoms with Crippen molar-refractivity contribution in [1.29, 1.82) is 0 Å². The van der Waals surface area contributed by atoms with Gasteiger partial charge < -0.3 is 20.1 Å². The Bertz CT molecular complexity index is 374. The predicted molar refractivity (Wildman–Crippen MR) is 62.4 cm³/mol. The first-order valence-electron chi connectivity index (χ1n) is 6.06. The van der Waals surface area contributed by atoms with Gasteiger partial charge in [-0.3, -0.25) is 0 Å². The Morgan fingerprint density at radius 2 is 2.06 bits per heavy atom. The van der Waals surface area contributed by atoms with Gasteiger partial charge in [0.2, 0.25) is 0 Å². The topological polar surface area (TPSA) is 83.2 Å². The first kappa shape index (κ1) is 12.5. The van der Waals surface area contributed by atoms with Crippen LogP contribution in [0.2, 0.25) is 0 Å². The van der Waals surface area contributed by atoms with Crippen molar-refractivity contribution in [1.82, 2.24) is 20.1 Å². The number of fused-ring (bicyclic) bond motifs is 1. The number of rotatable bonds is 5. The third-order valence-electron chi connectivity index (χ3n) is 3.31. The zero-order chi connectivity index (χ0) is 12.3. The van der Waals surface area contributed by atoms with Crippen molar-refractivity contribution in [2.24, 2.45) is 0 Å². The number of nitrogens with one attached hydrogen (secondary N) is 1. The third kappa shape index (κ3) is 2.65. The molecule has 0 atom stereocenters. The number of aliphatic hydroxyl groups excluding tert-OH is 2. The van der Waals surface area contributed by atoms with Crippen LogP contribution >= 0.6 is 0 Å². The summed E-state index contributed by atoms with van der Waals surface area (Å²) in [5.74, 6) is 1.93. The Morgan fingerprint density at radius 3 is 2.76 bits per heavy atom. The van der Waals surface area contributed by atoms with Crippen molar-refractivity contribution in [3.05, 3.63) is 11.6 Å². The Hall–Kier alpha value is -0.980. The molecule has 6 nitrogen and oxygen atoms in total. The van der Waals surface area contributed by atoms with Crippen LogP contribution in [0.15, 0.2) is 0 Å². The quantitative estimate of drug-likeness (QED) is 0.643. The lowest BCUT2D eigenvalue weighted by Crippen LogP contribution is -2.48. The van der Waals surface area contributed by atoms with E-state index >= 15 is 0 Å². The van der Waals surface area contributed by atoms with Crippen LogP contribution in [0.25, 0.3) is 0 Å². The molecule has 0 saturated heterocycles. The second-order valence-electron chi connectivity index (χ2n) is 4.87. The van der Waals surface area contributed by atoms with Crippen molar-refractivity contribution < 1.29 is 10.2 Å². The molecular weight excluding hydrogens is 220 g/mol. The Balaban J connectivity index is 2.02. The van der Waals surface area contributed by atoms with E-state index in [9.17, 15) is 10.2 Å². The number of aromatic nitrogens is 3. The van der Waals surface area contributed by atoms with Gasteiger partial charge in [-0.25, -0.2) is 0 Å². The van der Waals surface area contributed by atoms with Crippen LogP contribution in [0.3, 0.4) is 0 Å². The van der Waals surface area contributed by atoms with E-state index in [1.54, 1.807) is 6.92 Å². The zero-order valence-corrected chi connectivity index (χ0v) is 10.2. The second kappa shape index (κ2) is 5.12.